The van der Waals surface area contributed by atoms with Crippen LogP contribution in [0.25, 0.3) is 0 Å². The van der Waals surface area contributed by atoms with E-state index >= 15 is 0 Å². The van der Waals surface area contributed by atoms with Crippen molar-refractivity contribution in [3.63, 3.8) is 0 Å². The Bertz CT molecular complexity index is 934. The van der Waals surface area contributed by atoms with Crippen LogP contribution in [0.15, 0.2) is 0 Å². The van der Waals surface area contributed by atoms with Gasteiger partial charge >= 0.3 is 0 Å². The van der Waals surface area contributed by atoms with Crippen molar-refractivity contribution in [2.24, 2.45) is 41.4 Å². The van der Waals surface area contributed by atoms with E-state index in [9.17, 15) is 33.6 Å². The van der Waals surface area contributed by atoms with Crippen molar-refractivity contribution < 1.29 is 33.6 Å². The van der Waals surface area contributed by atoms with E-state index in [0.717, 1.165) is 44.9 Å². The molecular weight excluding hydrogens is 869 g/mol. The van der Waals surface area contributed by atoms with Gasteiger partial charge in [-0.05, 0) is 93.4 Å². The molecule has 0 spiro atoms. The second-order valence-corrected chi connectivity index (χ2v) is 21.1. The normalized spacial score (nSPS) is 13.1. The summed E-state index contributed by atoms with van der Waals surface area (Å²) < 4.78 is 0. The van der Waals surface area contributed by atoms with Crippen molar-refractivity contribution >= 4 is 40.5 Å². The highest BCUT2D eigenvalue weighted by molar-refractivity contribution is 5.79. The third-order valence-electron chi connectivity index (χ3n) is 13.5. The van der Waals surface area contributed by atoms with Crippen LogP contribution in [0.4, 0.5) is 0 Å². The first kappa shape index (κ1) is 81.7. The first-order chi connectivity index (χ1) is 32.8. The minimum absolute atomic E-state index is 0.284. The quantitative estimate of drug-likeness (QED) is 0.0580. The lowest BCUT2D eigenvalue weighted by Gasteiger charge is -2.04. The van der Waals surface area contributed by atoms with Crippen LogP contribution in [0.2, 0.25) is 0 Å². The molecule has 7 heteroatoms. The first-order valence-corrected chi connectivity index (χ1v) is 29.3. The molecule has 0 saturated heterocycles. The molecule has 0 radical (unpaired) electrons. The standard InChI is InChI=1S/7C9H18O/c7*1-4-5-6-7-8(2)9(3)10/h7*8H,4-7H2,1-3H3/t7*8-/m1111111/s1. The van der Waals surface area contributed by atoms with E-state index in [1.54, 1.807) is 48.5 Å². The summed E-state index contributed by atoms with van der Waals surface area (Å²) in [5, 5.41) is 0. The third kappa shape index (κ3) is 74.6. The molecule has 7 nitrogen and oxygen atoms in total. The lowest BCUT2D eigenvalue weighted by molar-refractivity contribution is -0.121. The van der Waals surface area contributed by atoms with Gasteiger partial charge in [0.25, 0.3) is 0 Å². The van der Waals surface area contributed by atoms with Crippen LogP contribution >= 0.6 is 0 Å². The fourth-order valence-electron chi connectivity index (χ4n) is 6.33. The van der Waals surface area contributed by atoms with E-state index in [2.05, 4.69) is 48.5 Å². The lowest BCUT2D eigenvalue weighted by atomic mass is 10.0. The molecule has 0 N–H and O–H groups in total. The van der Waals surface area contributed by atoms with Gasteiger partial charge in [0.1, 0.15) is 40.5 Å². The molecule has 0 aromatic rings. The summed E-state index contributed by atoms with van der Waals surface area (Å²) in [5.41, 5.74) is 0. The molecule has 0 aliphatic heterocycles. The van der Waals surface area contributed by atoms with Crippen LogP contribution in [-0.2, 0) is 33.6 Å². The maximum atomic E-state index is 10.7. The van der Waals surface area contributed by atoms with Crippen molar-refractivity contribution in [2.45, 2.75) is 325 Å². The van der Waals surface area contributed by atoms with Crippen molar-refractivity contribution in [1.82, 2.24) is 0 Å². The number of ketones is 7. The lowest BCUT2D eigenvalue weighted by Crippen LogP contribution is -2.05. The van der Waals surface area contributed by atoms with Gasteiger partial charge < -0.3 is 0 Å². The topological polar surface area (TPSA) is 119 Å². The summed E-state index contributed by atoms with van der Waals surface area (Å²) in [6.45, 7) is 41.1. The first-order valence-electron chi connectivity index (χ1n) is 29.3. The van der Waals surface area contributed by atoms with E-state index in [-0.39, 0.29) is 41.4 Å². The van der Waals surface area contributed by atoms with Crippen LogP contribution in [0.1, 0.15) is 325 Å². The highest BCUT2D eigenvalue weighted by Crippen LogP contribution is 2.14. The molecule has 0 saturated carbocycles. The molecule has 0 aliphatic rings. The summed E-state index contributed by atoms with van der Waals surface area (Å²) in [6, 6.07) is 0. The number of carbonyl (C=O) groups excluding carboxylic acids is 7. The molecule has 0 rings (SSSR count). The minimum atomic E-state index is 0.284. The molecule has 0 aromatic carbocycles. The molecule has 0 amide bonds. The Balaban J connectivity index is -0.000000132. The van der Waals surface area contributed by atoms with Crippen LogP contribution in [0, 0.1) is 41.4 Å². The van der Waals surface area contributed by atoms with Crippen LogP contribution in [0.3, 0.4) is 0 Å². The molecule has 7 atom stereocenters. The van der Waals surface area contributed by atoms with Crippen LogP contribution in [0.5, 0.6) is 0 Å². The van der Waals surface area contributed by atoms with Gasteiger partial charge in [-0.15, -0.1) is 0 Å². The van der Waals surface area contributed by atoms with E-state index in [1.807, 2.05) is 48.5 Å². The van der Waals surface area contributed by atoms with E-state index in [1.165, 1.54) is 135 Å². The Labute approximate surface area is 439 Å². The summed E-state index contributed by atoms with van der Waals surface area (Å²) in [6.07, 6.45) is 33.5. The van der Waals surface area contributed by atoms with Crippen molar-refractivity contribution in [2.75, 3.05) is 0 Å². The third-order valence-corrected chi connectivity index (χ3v) is 13.5. The molecular formula is C63H126O7. The largest absolute Gasteiger partial charge is 0.300 e. The molecule has 0 unspecified atom stereocenters. The maximum Gasteiger partial charge on any atom is 0.132 e. The number of hydrogen-bond donors (Lipinski definition) is 0. The zero-order valence-corrected chi connectivity index (χ0v) is 51.2. The number of carbonyl (C=O) groups is 7. The van der Waals surface area contributed by atoms with Crippen molar-refractivity contribution in [3.05, 3.63) is 0 Å². The number of Topliss-reactive ketones (excluding diaryl/α,β-unsaturated/α-hetero) is 7. The Morgan fingerprint density at radius 1 is 0.200 bits per heavy atom. The summed E-state index contributed by atoms with van der Waals surface area (Å²) in [5.74, 6) is 4.29. The van der Waals surface area contributed by atoms with Gasteiger partial charge in [-0.25, -0.2) is 0 Å². The molecule has 0 aliphatic carbocycles. The molecule has 420 valence electrons. The fraction of sp³-hybridized carbons (Fsp3) is 0.889. The minimum Gasteiger partial charge on any atom is -0.300 e. The van der Waals surface area contributed by atoms with Crippen molar-refractivity contribution in [3.8, 4) is 0 Å². The monoisotopic (exact) mass is 995 g/mol. The number of unbranched alkanes of at least 4 members (excludes halogenated alkanes) is 14. The Morgan fingerprint density at radius 2 is 0.286 bits per heavy atom. The fourth-order valence-corrected chi connectivity index (χ4v) is 6.33. The van der Waals surface area contributed by atoms with E-state index < -0.39 is 0 Å². The van der Waals surface area contributed by atoms with Gasteiger partial charge in [-0.1, -0.05) is 232 Å². The smallest absolute Gasteiger partial charge is 0.132 e. The summed E-state index contributed by atoms with van der Waals surface area (Å²) in [7, 11) is 0. The van der Waals surface area contributed by atoms with Gasteiger partial charge in [0.05, 0.1) is 0 Å². The number of hydrogen-bond acceptors (Lipinski definition) is 7. The Hall–Kier alpha value is -2.31. The second kappa shape index (κ2) is 62.8. The molecule has 0 heterocycles. The van der Waals surface area contributed by atoms with Gasteiger partial charge in [0, 0.05) is 41.4 Å². The highest BCUT2D eigenvalue weighted by Gasteiger charge is 2.09. The van der Waals surface area contributed by atoms with Gasteiger partial charge in [0.2, 0.25) is 0 Å². The molecule has 0 bridgehead atoms. The Kier molecular flexibility index (Phi) is 73.3. The van der Waals surface area contributed by atoms with Gasteiger partial charge in [-0.3, -0.25) is 33.6 Å². The maximum absolute atomic E-state index is 10.7. The SMILES string of the molecule is CCCCC[C@@H](C)C(C)=O.CCCCC[C@@H](C)C(C)=O.CCCCC[C@@H](C)C(C)=O.CCCCC[C@@H](C)C(C)=O.CCCCC[C@@H](C)C(C)=O.CCCCC[C@@H](C)C(C)=O.CCCCC[C@@H](C)C(C)=O. The zero-order valence-electron chi connectivity index (χ0n) is 51.2. The van der Waals surface area contributed by atoms with Crippen LogP contribution in [-0.4, -0.2) is 40.5 Å². The van der Waals surface area contributed by atoms with Crippen molar-refractivity contribution in [1.29, 1.82) is 0 Å². The second-order valence-electron chi connectivity index (χ2n) is 21.1. The van der Waals surface area contributed by atoms with E-state index in [4.69, 9.17) is 0 Å². The Morgan fingerprint density at radius 3 is 0.343 bits per heavy atom. The molecule has 0 aromatic heterocycles. The van der Waals surface area contributed by atoms with E-state index in [0.29, 0.717) is 40.5 Å². The zero-order chi connectivity index (χ0) is 55.9. The molecule has 0 fully saturated rings. The highest BCUT2D eigenvalue weighted by atomic mass is 16.1. The van der Waals surface area contributed by atoms with Crippen LogP contribution < -0.4 is 0 Å². The van der Waals surface area contributed by atoms with Gasteiger partial charge in [0.15, 0.2) is 0 Å². The summed E-state index contributed by atoms with van der Waals surface area (Å²) >= 11 is 0. The average Bonchev–Trinajstić information content (AvgIpc) is 3.30. The van der Waals surface area contributed by atoms with Gasteiger partial charge in [-0.2, -0.15) is 0 Å². The predicted molar refractivity (Wildman–Crippen MR) is 308 cm³/mol. The average molecular weight is 996 g/mol. The molecule has 70 heavy (non-hydrogen) atoms. The number of rotatable bonds is 35. The predicted octanol–water partition coefficient (Wildman–Crippen LogP) is 19.5. The summed E-state index contributed by atoms with van der Waals surface area (Å²) in [4.78, 5) is 75.2.